The van der Waals surface area contributed by atoms with Gasteiger partial charge < -0.3 is 10.1 Å². The molecule has 23 heavy (non-hydrogen) atoms. The molecular formula is C18H17NO3S. The quantitative estimate of drug-likeness (QED) is 0.868. The molecule has 4 nitrogen and oxygen atoms in total. The number of carbonyl (C=O) groups excluding carboxylic acids is 2. The van der Waals surface area contributed by atoms with Gasteiger partial charge in [-0.05, 0) is 24.6 Å². The number of hydrogen-bond acceptors (Lipinski definition) is 4. The van der Waals surface area contributed by atoms with E-state index in [1.165, 1.54) is 11.8 Å². The van der Waals surface area contributed by atoms with Crippen LogP contribution in [0, 0.1) is 0 Å². The highest BCUT2D eigenvalue weighted by atomic mass is 32.2. The summed E-state index contributed by atoms with van der Waals surface area (Å²) in [5.74, 6) is -0.522. The number of nitrogens with one attached hydrogen (secondary N) is 1. The monoisotopic (exact) mass is 327 g/mol. The minimum Gasteiger partial charge on any atom is -0.458 e. The molecule has 0 bridgehead atoms. The second-order valence-corrected chi connectivity index (χ2v) is 6.58. The molecule has 0 fully saturated rings. The highest BCUT2D eigenvalue weighted by Crippen LogP contribution is 2.36. The van der Waals surface area contributed by atoms with E-state index in [-0.39, 0.29) is 24.4 Å². The molecule has 2 atom stereocenters. The van der Waals surface area contributed by atoms with Gasteiger partial charge in [0.05, 0.1) is 17.4 Å². The number of fused-ring (bicyclic) bond motifs is 1. The summed E-state index contributed by atoms with van der Waals surface area (Å²) in [5, 5.41) is 2.37. The molecular weight excluding hydrogens is 310 g/mol. The molecule has 1 aliphatic rings. The maximum Gasteiger partial charge on any atom is 0.308 e. The van der Waals surface area contributed by atoms with Crippen LogP contribution in [0.5, 0.6) is 0 Å². The number of ether oxygens (including phenoxy) is 1. The Balaban J connectivity index is 1.61. The van der Waals surface area contributed by atoms with Gasteiger partial charge in [0.15, 0.2) is 0 Å². The number of amides is 1. The van der Waals surface area contributed by atoms with Crippen LogP contribution in [0.3, 0.4) is 0 Å². The zero-order valence-corrected chi connectivity index (χ0v) is 13.5. The summed E-state index contributed by atoms with van der Waals surface area (Å²) < 4.78 is 5.44. The van der Waals surface area contributed by atoms with Crippen molar-refractivity contribution in [3.8, 4) is 0 Å². The van der Waals surface area contributed by atoms with Gasteiger partial charge in [-0.15, -0.1) is 11.8 Å². The first kappa shape index (κ1) is 15.6. The number of thioether (sulfide) groups is 1. The molecule has 0 saturated carbocycles. The molecule has 1 aliphatic heterocycles. The Kier molecular flexibility index (Phi) is 4.67. The number of carbonyl (C=O) groups is 2. The maximum absolute atomic E-state index is 12.1. The Hall–Kier alpha value is -2.27. The zero-order chi connectivity index (χ0) is 16.2. The van der Waals surface area contributed by atoms with E-state index in [2.05, 4.69) is 5.32 Å². The molecule has 0 aliphatic carbocycles. The van der Waals surface area contributed by atoms with Crippen molar-refractivity contribution in [2.45, 2.75) is 29.6 Å². The molecule has 0 aromatic heterocycles. The van der Waals surface area contributed by atoms with Crippen LogP contribution in [0.25, 0.3) is 0 Å². The Morgan fingerprint density at radius 1 is 1.17 bits per heavy atom. The molecule has 118 valence electrons. The van der Waals surface area contributed by atoms with E-state index in [0.717, 1.165) is 16.1 Å². The van der Waals surface area contributed by atoms with Crippen LogP contribution in [-0.4, -0.2) is 17.1 Å². The first-order valence-electron chi connectivity index (χ1n) is 7.44. The summed E-state index contributed by atoms with van der Waals surface area (Å²) in [6.45, 7) is 1.83. The van der Waals surface area contributed by atoms with Gasteiger partial charge in [-0.25, -0.2) is 0 Å². The molecule has 1 amide bonds. The molecule has 1 heterocycles. The van der Waals surface area contributed by atoms with Crippen molar-refractivity contribution < 1.29 is 14.3 Å². The minimum atomic E-state index is -0.458. The number of rotatable bonds is 4. The standard InChI is InChI=1S/C18H17NO3S/c1-12(13-7-3-2-4-8-13)22-17(20)11-16-18(21)19-14-9-5-6-10-15(14)23-16/h2-10,12,16H,11H2,1H3,(H,19,21)/t12-,16+/m0/s1. The fourth-order valence-corrected chi connectivity index (χ4v) is 3.51. The average molecular weight is 327 g/mol. The Bertz CT molecular complexity index is 717. The Morgan fingerprint density at radius 2 is 1.87 bits per heavy atom. The summed E-state index contributed by atoms with van der Waals surface area (Å²) in [4.78, 5) is 25.2. The van der Waals surface area contributed by atoms with E-state index in [0.29, 0.717) is 0 Å². The number of benzene rings is 2. The van der Waals surface area contributed by atoms with Crippen molar-refractivity contribution in [2.75, 3.05) is 5.32 Å². The van der Waals surface area contributed by atoms with E-state index in [1.807, 2.05) is 61.5 Å². The fraction of sp³-hybridized carbons (Fsp3) is 0.222. The lowest BCUT2D eigenvalue weighted by atomic mass is 10.1. The Labute approximate surface area is 139 Å². The van der Waals surface area contributed by atoms with Crippen molar-refractivity contribution in [2.24, 2.45) is 0 Å². The van der Waals surface area contributed by atoms with Crippen molar-refractivity contribution in [3.05, 3.63) is 60.2 Å². The van der Waals surface area contributed by atoms with Crippen LogP contribution in [0.4, 0.5) is 5.69 Å². The number of para-hydroxylation sites is 1. The zero-order valence-electron chi connectivity index (χ0n) is 12.7. The molecule has 0 radical (unpaired) electrons. The van der Waals surface area contributed by atoms with E-state index in [4.69, 9.17) is 4.74 Å². The van der Waals surface area contributed by atoms with E-state index < -0.39 is 5.25 Å². The highest BCUT2D eigenvalue weighted by Gasteiger charge is 2.29. The van der Waals surface area contributed by atoms with Crippen molar-refractivity contribution >= 4 is 29.3 Å². The largest absolute Gasteiger partial charge is 0.458 e. The molecule has 0 saturated heterocycles. The second kappa shape index (κ2) is 6.87. The predicted molar refractivity (Wildman–Crippen MR) is 90.3 cm³/mol. The van der Waals surface area contributed by atoms with Gasteiger partial charge in [-0.3, -0.25) is 9.59 Å². The molecule has 5 heteroatoms. The lowest BCUT2D eigenvalue weighted by Crippen LogP contribution is -2.31. The van der Waals surface area contributed by atoms with Crippen LogP contribution < -0.4 is 5.32 Å². The van der Waals surface area contributed by atoms with Crippen LogP contribution in [0.2, 0.25) is 0 Å². The maximum atomic E-state index is 12.1. The number of anilines is 1. The van der Waals surface area contributed by atoms with Crippen LogP contribution in [-0.2, 0) is 14.3 Å². The fourth-order valence-electron chi connectivity index (χ4n) is 2.42. The van der Waals surface area contributed by atoms with Gasteiger partial charge in [-0.2, -0.15) is 0 Å². The van der Waals surface area contributed by atoms with E-state index in [9.17, 15) is 9.59 Å². The van der Waals surface area contributed by atoms with Gasteiger partial charge in [0, 0.05) is 4.90 Å². The third kappa shape index (κ3) is 3.74. The molecule has 0 unspecified atom stereocenters. The Morgan fingerprint density at radius 3 is 2.65 bits per heavy atom. The average Bonchev–Trinajstić information content (AvgIpc) is 2.56. The third-order valence-corrected chi connectivity index (χ3v) is 4.91. The van der Waals surface area contributed by atoms with Crippen molar-refractivity contribution in [1.82, 2.24) is 0 Å². The minimum absolute atomic E-state index is 0.0575. The first-order valence-corrected chi connectivity index (χ1v) is 8.32. The number of hydrogen-bond donors (Lipinski definition) is 1. The SMILES string of the molecule is C[C@H](OC(=O)C[C@H]1Sc2ccccc2NC1=O)c1ccccc1. The van der Waals surface area contributed by atoms with Gasteiger partial charge in [0.2, 0.25) is 5.91 Å². The summed E-state index contributed by atoms with van der Waals surface area (Å²) in [7, 11) is 0. The second-order valence-electron chi connectivity index (χ2n) is 5.34. The summed E-state index contributed by atoms with van der Waals surface area (Å²) in [6, 6.07) is 17.1. The van der Waals surface area contributed by atoms with Crippen LogP contribution >= 0.6 is 11.8 Å². The van der Waals surface area contributed by atoms with Gasteiger partial charge in [0.1, 0.15) is 6.10 Å². The number of esters is 1. The highest BCUT2D eigenvalue weighted by molar-refractivity contribution is 8.01. The van der Waals surface area contributed by atoms with Crippen molar-refractivity contribution in [3.63, 3.8) is 0 Å². The predicted octanol–water partition coefficient (Wildman–Crippen LogP) is 3.79. The first-order chi connectivity index (χ1) is 11.1. The van der Waals surface area contributed by atoms with E-state index in [1.54, 1.807) is 0 Å². The third-order valence-electron chi connectivity index (χ3n) is 3.64. The topological polar surface area (TPSA) is 55.4 Å². The lowest BCUT2D eigenvalue weighted by Gasteiger charge is -2.24. The van der Waals surface area contributed by atoms with Crippen LogP contribution in [0.1, 0.15) is 25.0 Å². The van der Waals surface area contributed by atoms with Crippen molar-refractivity contribution in [1.29, 1.82) is 0 Å². The van der Waals surface area contributed by atoms with Gasteiger partial charge in [0.25, 0.3) is 0 Å². The molecule has 0 spiro atoms. The smallest absolute Gasteiger partial charge is 0.308 e. The molecule has 2 aromatic carbocycles. The normalized spacial score (nSPS) is 17.8. The summed E-state index contributed by atoms with van der Waals surface area (Å²) in [5.41, 5.74) is 1.73. The summed E-state index contributed by atoms with van der Waals surface area (Å²) in [6.07, 6.45) is -0.269. The lowest BCUT2D eigenvalue weighted by molar-refractivity contribution is -0.149. The summed E-state index contributed by atoms with van der Waals surface area (Å²) >= 11 is 1.40. The van der Waals surface area contributed by atoms with Gasteiger partial charge in [-0.1, -0.05) is 42.5 Å². The van der Waals surface area contributed by atoms with Gasteiger partial charge >= 0.3 is 5.97 Å². The van der Waals surface area contributed by atoms with E-state index >= 15 is 0 Å². The molecule has 3 rings (SSSR count). The van der Waals surface area contributed by atoms with Crippen LogP contribution in [0.15, 0.2) is 59.5 Å². The molecule has 2 aromatic rings. The molecule has 1 N–H and O–H groups in total.